The number of carbonyl (C=O) groups excluding carboxylic acids is 1. The molecule has 3 aromatic rings. The van der Waals surface area contributed by atoms with Gasteiger partial charge in [-0.3, -0.25) is 4.79 Å². The number of para-hydroxylation sites is 1. The normalized spacial score (nSPS) is 16.1. The molecule has 0 radical (unpaired) electrons. The van der Waals surface area contributed by atoms with Crippen molar-refractivity contribution in [3.63, 3.8) is 0 Å². The van der Waals surface area contributed by atoms with E-state index >= 15 is 0 Å². The van der Waals surface area contributed by atoms with E-state index in [-0.39, 0.29) is 5.91 Å². The van der Waals surface area contributed by atoms with Gasteiger partial charge < -0.3 is 19.7 Å². The first-order chi connectivity index (χ1) is 14.1. The van der Waals surface area contributed by atoms with Gasteiger partial charge in [-0.05, 0) is 71.2 Å². The zero-order chi connectivity index (χ0) is 20.4. The van der Waals surface area contributed by atoms with Gasteiger partial charge in [0, 0.05) is 53.0 Å². The van der Waals surface area contributed by atoms with E-state index in [0.717, 1.165) is 31.9 Å². The maximum Gasteiger partial charge on any atom is 0.225 e. The third kappa shape index (κ3) is 4.16. The summed E-state index contributed by atoms with van der Waals surface area (Å²) in [5.41, 5.74) is 3.35. The molecule has 1 N–H and O–H groups in total. The van der Waals surface area contributed by atoms with Crippen LogP contribution in [0.15, 0.2) is 42.5 Å². The Balaban J connectivity index is 1.40. The Morgan fingerprint density at radius 2 is 1.79 bits per heavy atom. The first-order valence-electron chi connectivity index (χ1n) is 10.8. The Morgan fingerprint density at radius 1 is 1.07 bits per heavy atom. The van der Waals surface area contributed by atoms with Crippen molar-refractivity contribution in [3.8, 4) is 0 Å². The molecule has 0 spiro atoms. The van der Waals surface area contributed by atoms with Gasteiger partial charge in [0.05, 0.1) is 0 Å². The number of hydrogen-bond donors (Lipinski definition) is 1. The van der Waals surface area contributed by atoms with Crippen LogP contribution in [0.3, 0.4) is 0 Å². The molecule has 0 saturated carbocycles. The van der Waals surface area contributed by atoms with Crippen molar-refractivity contribution in [2.24, 2.45) is 0 Å². The molecule has 1 saturated heterocycles. The number of amides is 1. The third-order valence-corrected chi connectivity index (χ3v) is 6.31. The molecule has 0 atom stereocenters. The fourth-order valence-electron chi connectivity index (χ4n) is 4.61. The molecule has 1 aliphatic heterocycles. The third-order valence-electron chi connectivity index (χ3n) is 6.31. The average molecular weight is 393 g/mol. The number of rotatable bonds is 6. The largest absolute Gasteiger partial charge is 0.341 e. The van der Waals surface area contributed by atoms with E-state index in [1.807, 2.05) is 6.07 Å². The highest BCUT2D eigenvalue weighted by atomic mass is 16.1. The second-order valence-electron chi connectivity index (χ2n) is 8.33. The highest BCUT2D eigenvalue weighted by Gasteiger charge is 2.20. The summed E-state index contributed by atoms with van der Waals surface area (Å²) in [5, 5.41) is 5.55. The van der Waals surface area contributed by atoms with E-state index in [4.69, 9.17) is 0 Å². The number of carbonyl (C=O) groups is 1. The number of anilines is 1. The summed E-state index contributed by atoms with van der Waals surface area (Å²) in [6.07, 6.45) is 2.92. The SMILES string of the molecule is CCn1c2ccccc2c2cc(NC(=O)CCN3CCC(N(C)C)CC3)ccc21. The summed E-state index contributed by atoms with van der Waals surface area (Å²) in [7, 11) is 4.31. The van der Waals surface area contributed by atoms with Gasteiger partial charge >= 0.3 is 0 Å². The van der Waals surface area contributed by atoms with E-state index in [9.17, 15) is 4.79 Å². The monoisotopic (exact) mass is 392 g/mol. The maximum atomic E-state index is 12.5. The first kappa shape index (κ1) is 19.9. The van der Waals surface area contributed by atoms with Crippen molar-refractivity contribution in [1.29, 1.82) is 0 Å². The Hall–Kier alpha value is -2.37. The van der Waals surface area contributed by atoms with E-state index in [0.29, 0.717) is 12.5 Å². The van der Waals surface area contributed by atoms with Gasteiger partial charge in [-0.25, -0.2) is 0 Å². The molecule has 154 valence electrons. The summed E-state index contributed by atoms with van der Waals surface area (Å²) in [4.78, 5) is 17.3. The molecule has 4 rings (SSSR count). The summed E-state index contributed by atoms with van der Waals surface area (Å²) >= 11 is 0. The van der Waals surface area contributed by atoms with Gasteiger partial charge in [-0.1, -0.05) is 18.2 Å². The molecule has 0 aliphatic carbocycles. The van der Waals surface area contributed by atoms with Crippen LogP contribution >= 0.6 is 0 Å². The van der Waals surface area contributed by atoms with Crippen molar-refractivity contribution < 1.29 is 4.79 Å². The molecule has 1 aliphatic rings. The summed E-state index contributed by atoms with van der Waals surface area (Å²) in [6, 6.07) is 15.4. The van der Waals surface area contributed by atoms with Crippen molar-refractivity contribution in [3.05, 3.63) is 42.5 Å². The van der Waals surface area contributed by atoms with Gasteiger partial charge in [0.2, 0.25) is 5.91 Å². The Kier molecular flexibility index (Phi) is 5.88. The Bertz CT molecular complexity index is 999. The average Bonchev–Trinajstić information content (AvgIpc) is 3.05. The lowest BCUT2D eigenvalue weighted by Gasteiger charge is -2.35. The quantitative estimate of drug-likeness (QED) is 0.684. The van der Waals surface area contributed by atoms with Crippen LogP contribution in [0.4, 0.5) is 5.69 Å². The minimum absolute atomic E-state index is 0.0957. The number of hydrogen-bond acceptors (Lipinski definition) is 3. The minimum Gasteiger partial charge on any atom is -0.341 e. The van der Waals surface area contributed by atoms with Crippen LogP contribution in [0.5, 0.6) is 0 Å². The van der Waals surface area contributed by atoms with Crippen LogP contribution in [0, 0.1) is 0 Å². The molecule has 1 aromatic heterocycles. The number of benzene rings is 2. The first-order valence-corrected chi connectivity index (χ1v) is 10.8. The lowest BCUT2D eigenvalue weighted by atomic mass is 10.0. The highest BCUT2D eigenvalue weighted by molar-refractivity contribution is 6.09. The van der Waals surface area contributed by atoms with Crippen molar-refractivity contribution in [2.75, 3.05) is 39.0 Å². The van der Waals surface area contributed by atoms with Crippen molar-refractivity contribution in [1.82, 2.24) is 14.4 Å². The summed E-state index contributed by atoms with van der Waals surface area (Å²) in [5.74, 6) is 0.0957. The Morgan fingerprint density at radius 3 is 2.52 bits per heavy atom. The molecule has 0 bridgehead atoms. The lowest BCUT2D eigenvalue weighted by Crippen LogP contribution is -2.42. The smallest absolute Gasteiger partial charge is 0.225 e. The number of nitrogens with zero attached hydrogens (tertiary/aromatic N) is 3. The molecule has 1 amide bonds. The van der Waals surface area contributed by atoms with E-state index < -0.39 is 0 Å². The number of nitrogens with one attached hydrogen (secondary N) is 1. The molecule has 0 unspecified atom stereocenters. The molecule has 5 heteroatoms. The summed E-state index contributed by atoms with van der Waals surface area (Å²) < 4.78 is 2.33. The number of fused-ring (bicyclic) bond motifs is 3. The van der Waals surface area contributed by atoms with Crippen LogP contribution < -0.4 is 5.32 Å². The van der Waals surface area contributed by atoms with Crippen molar-refractivity contribution >= 4 is 33.4 Å². The standard InChI is InChI=1S/C24H32N4O/c1-4-28-22-8-6-5-7-20(22)21-17-18(9-10-23(21)28)25-24(29)13-16-27-14-11-19(12-15-27)26(2)3/h5-10,17,19H,4,11-16H2,1-3H3,(H,25,29). The van der Waals surface area contributed by atoms with Crippen molar-refractivity contribution in [2.45, 2.75) is 38.8 Å². The molecule has 29 heavy (non-hydrogen) atoms. The number of likely N-dealkylation sites (tertiary alicyclic amines) is 1. The number of aryl methyl sites for hydroxylation is 1. The minimum atomic E-state index is 0.0957. The number of piperidine rings is 1. The number of aromatic nitrogens is 1. The van der Waals surface area contributed by atoms with Gasteiger partial charge in [0.15, 0.2) is 0 Å². The molecule has 2 aromatic carbocycles. The van der Waals surface area contributed by atoms with Gasteiger partial charge in [0.25, 0.3) is 0 Å². The zero-order valence-corrected chi connectivity index (χ0v) is 17.8. The Labute approximate surface area is 173 Å². The second-order valence-corrected chi connectivity index (χ2v) is 8.33. The molecule has 5 nitrogen and oxygen atoms in total. The van der Waals surface area contributed by atoms with E-state index in [1.54, 1.807) is 0 Å². The van der Waals surface area contributed by atoms with Crippen LogP contribution in [0.1, 0.15) is 26.2 Å². The maximum absolute atomic E-state index is 12.5. The van der Waals surface area contributed by atoms with Gasteiger partial charge in [-0.2, -0.15) is 0 Å². The van der Waals surface area contributed by atoms with E-state index in [1.165, 1.54) is 34.6 Å². The van der Waals surface area contributed by atoms with E-state index in [2.05, 4.69) is 77.1 Å². The van der Waals surface area contributed by atoms with Gasteiger partial charge in [0.1, 0.15) is 0 Å². The molecule has 1 fully saturated rings. The summed E-state index contributed by atoms with van der Waals surface area (Å²) in [6.45, 7) is 6.10. The highest BCUT2D eigenvalue weighted by Crippen LogP contribution is 2.31. The van der Waals surface area contributed by atoms with Crippen LogP contribution in [-0.4, -0.2) is 60.0 Å². The fourth-order valence-corrected chi connectivity index (χ4v) is 4.61. The van der Waals surface area contributed by atoms with Crippen LogP contribution in [0.2, 0.25) is 0 Å². The second kappa shape index (κ2) is 8.56. The van der Waals surface area contributed by atoms with Crippen LogP contribution in [0.25, 0.3) is 21.8 Å². The molecular formula is C24H32N4O. The predicted octanol–water partition coefficient (Wildman–Crippen LogP) is 4.17. The molecule has 2 heterocycles. The zero-order valence-electron chi connectivity index (χ0n) is 17.8. The molecular weight excluding hydrogens is 360 g/mol. The van der Waals surface area contributed by atoms with Crippen LogP contribution in [-0.2, 0) is 11.3 Å². The predicted molar refractivity (Wildman–Crippen MR) is 122 cm³/mol. The lowest BCUT2D eigenvalue weighted by molar-refractivity contribution is -0.116. The topological polar surface area (TPSA) is 40.5 Å². The van der Waals surface area contributed by atoms with Gasteiger partial charge in [-0.15, -0.1) is 0 Å². The fraction of sp³-hybridized carbons (Fsp3) is 0.458.